The molecule has 2 aromatic carbocycles. The normalized spacial score (nSPS) is 25.2. The van der Waals surface area contributed by atoms with E-state index in [4.69, 9.17) is 13.9 Å². The maximum atomic E-state index is 14.2. The van der Waals surface area contributed by atoms with Gasteiger partial charge < -0.3 is 24.5 Å². The Kier molecular flexibility index (Phi) is 6.19. The molecule has 3 aromatic rings. The van der Waals surface area contributed by atoms with Gasteiger partial charge in [0, 0.05) is 6.54 Å². The Morgan fingerprint density at radius 3 is 2.62 bits per heavy atom. The summed E-state index contributed by atoms with van der Waals surface area (Å²) in [6, 6.07) is 11.1. The molecule has 0 bridgehead atoms. The van der Waals surface area contributed by atoms with Crippen LogP contribution in [0.3, 0.4) is 0 Å². The highest BCUT2D eigenvalue weighted by molar-refractivity contribution is 6.20. The number of fused-ring (bicyclic) bond motifs is 2. The van der Waals surface area contributed by atoms with Gasteiger partial charge in [-0.1, -0.05) is 36.4 Å². The summed E-state index contributed by atoms with van der Waals surface area (Å²) < 4.78 is 59.8. The van der Waals surface area contributed by atoms with Gasteiger partial charge in [0.25, 0.3) is 5.91 Å². The molecule has 4 unspecified atom stereocenters. The first-order valence-electron chi connectivity index (χ1n) is 12.3. The van der Waals surface area contributed by atoms with Gasteiger partial charge in [-0.3, -0.25) is 9.59 Å². The minimum Gasteiger partial charge on any atom is -0.494 e. The quantitative estimate of drug-likeness (QED) is 0.434. The molecule has 0 radical (unpaired) electrons. The van der Waals surface area contributed by atoms with E-state index in [-0.39, 0.29) is 29.7 Å². The van der Waals surface area contributed by atoms with Crippen molar-refractivity contribution in [2.45, 2.75) is 36.8 Å². The molecule has 4 atom stereocenters. The lowest BCUT2D eigenvalue weighted by Gasteiger charge is -2.35. The van der Waals surface area contributed by atoms with Crippen molar-refractivity contribution in [3.05, 3.63) is 65.7 Å². The molecule has 3 aliphatic rings. The number of nitrogens with zero attached hydrogens (tertiary/aromatic N) is 2. The van der Waals surface area contributed by atoms with E-state index in [0.717, 1.165) is 5.01 Å². The lowest BCUT2D eigenvalue weighted by molar-refractivity contribution is -0.161. The molecule has 39 heavy (non-hydrogen) atoms. The molecule has 2 saturated heterocycles. The highest BCUT2D eigenvalue weighted by Crippen LogP contribution is 2.43. The summed E-state index contributed by atoms with van der Waals surface area (Å²) in [6.07, 6.45) is -6.10. The van der Waals surface area contributed by atoms with Crippen LogP contribution >= 0.6 is 0 Å². The Balaban J connectivity index is 1.44. The number of rotatable bonds is 6. The monoisotopic (exact) mass is 543 g/mol. The van der Waals surface area contributed by atoms with Crippen molar-refractivity contribution in [2.75, 3.05) is 20.3 Å². The number of carbonyl (C=O) groups is 2. The van der Waals surface area contributed by atoms with Crippen LogP contribution in [0.5, 0.6) is 5.75 Å². The Morgan fingerprint density at radius 2 is 1.92 bits per heavy atom. The van der Waals surface area contributed by atoms with Crippen molar-refractivity contribution in [1.82, 2.24) is 26.1 Å². The third-order valence-corrected chi connectivity index (χ3v) is 7.09. The average molecular weight is 544 g/mol. The largest absolute Gasteiger partial charge is 0.494 e. The maximum absolute atomic E-state index is 14.2. The van der Waals surface area contributed by atoms with Crippen LogP contribution in [0.4, 0.5) is 13.2 Å². The van der Waals surface area contributed by atoms with Crippen LogP contribution in [0.25, 0.3) is 16.7 Å². The van der Waals surface area contributed by atoms with Crippen LogP contribution in [0.2, 0.25) is 0 Å². The standard InChI is InChI=1S/C26H24F3N5O5/c1-37-15-8-5-9-16-20(15)32-24(39-16)19-14(12-38-17-10-11-30-23(17)35)31-22-18(13-6-3-2-4-7-13)21(26(27,28)29)33-34(22)25(19)36/h2-9,17-18,21-22,31,33H,10-12H2,1H3,(H,30,35). The predicted molar refractivity (Wildman–Crippen MR) is 131 cm³/mol. The van der Waals surface area contributed by atoms with Gasteiger partial charge in [-0.25, -0.2) is 15.4 Å². The molecular weight excluding hydrogens is 519 g/mol. The number of halogens is 3. The fourth-order valence-electron chi connectivity index (χ4n) is 5.26. The number of methoxy groups -OCH3 is 1. The number of alkyl halides is 3. The molecule has 0 saturated carbocycles. The summed E-state index contributed by atoms with van der Waals surface area (Å²) >= 11 is 0. The van der Waals surface area contributed by atoms with Crippen LogP contribution in [0, 0.1) is 0 Å². The third kappa shape index (κ3) is 4.36. The topological polar surface area (TPSA) is 118 Å². The summed E-state index contributed by atoms with van der Waals surface area (Å²) in [5.41, 5.74) is 3.50. The van der Waals surface area contributed by atoms with Crippen LogP contribution in [0.1, 0.15) is 23.8 Å². The van der Waals surface area contributed by atoms with E-state index < -0.39 is 36.3 Å². The lowest BCUT2D eigenvalue weighted by Crippen LogP contribution is -2.55. The number of hydrogen-bond donors (Lipinski definition) is 3. The van der Waals surface area contributed by atoms with Gasteiger partial charge in [-0.05, 0) is 24.1 Å². The van der Waals surface area contributed by atoms with E-state index in [2.05, 4.69) is 21.0 Å². The summed E-state index contributed by atoms with van der Waals surface area (Å²) in [7, 11) is 1.46. The van der Waals surface area contributed by atoms with Gasteiger partial charge in [-0.2, -0.15) is 13.2 Å². The number of nitrogens with one attached hydrogen (secondary N) is 3. The highest BCUT2D eigenvalue weighted by Gasteiger charge is 2.58. The first-order chi connectivity index (χ1) is 18.8. The van der Waals surface area contributed by atoms with Crippen LogP contribution in [-0.2, 0) is 14.3 Å². The molecule has 204 valence electrons. The second-order valence-corrected chi connectivity index (χ2v) is 9.41. The molecule has 6 rings (SSSR count). The second-order valence-electron chi connectivity index (χ2n) is 9.41. The second kappa shape index (κ2) is 9.58. The number of hydrogen-bond acceptors (Lipinski definition) is 8. The minimum absolute atomic E-state index is 0.106. The molecule has 0 aliphatic carbocycles. The molecule has 2 amide bonds. The Morgan fingerprint density at radius 1 is 1.13 bits per heavy atom. The number of ether oxygens (including phenoxy) is 2. The van der Waals surface area contributed by atoms with Crippen molar-refractivity contribution < 1.29 is 36.7 Å². The van der Waals surface area contributed by atoms with Gasteiger partial charge in [0.2, 0.25) is 11.8 Å². The Labute approximate surface area is 220 Å². The van der Waals surface area contributed by atoms with Gasteiger partial charge in [0.1, 0.15) is 29.6 Å². The molecule has 3 aliphatic heterocycles. The summed E-state index contributed by atoms with van der Waals surface area (Å²) in [5.74, 6) is -1.96. The molecule has 10 nitrogen and oxygen atoms in total. The fourth-order valence-corrected chi connectivity index (χ4v) is 5.26. The zero-order valence-electron chi connectivity index (χ0n) is 20.6. The summed E-state index contributed by atoms with van der Waals surface area (Å²) in [6.45, 7) is 0.188. The molecule has 13 heteroatoms. The van der Waals surface area contributed by atoms with Crippen molar-refractivity contribution in [1.29, 1.82) is 0 Å². The molecule has 1 aromatic heterocycles. The smallest absolute Gasteiger partial charge is 0.406 e. The number of hydrazine groups is 1. The van der Waals surface area contributed by atoms with Crippen molar-refractivity contribution >= 4 is 28.5 Å². The zero-order valence-corrected chi connectivity index (χ0v) is 20.6. The maximum Gasteiger partial charge on any atom is 0.406 e. The number of oxazole rings is 1. The van der Waals surface area contributed by atoms with Crippen LogP contribution in [-0.4, -0.2) is 66.6 Å². The molecular formula is C26H24F3N5O5. The zero-order chi connectivity index (χ0) is 27.3. The van der Waals surface area contributed by atoms with E-state index in [0.29, 0.717) is 35.4 Å². The first-order valence-corrected chi connectivity index (χ1v) is 12.3. The van der Waals surface area contributed by atoms with Crippen molar-refractivity contribution in [2.24, 2.45) is 0 Å². The first kappa shape index (κ1) is 25.2. The van der Waals surface area contributed by atoms with Gasteiger partial charge in [0.05, 0.1) is 25.3 Å². The molecule has 0 spiro atoms. The minimum atomic E-state index is -4.66. The van der Waals surface area contributed by atoms with Crippen LogP contribution in [0.15, 0.2) is 58.6 Å². The number of amides is 2. The highest BCUT2D eigenvalue weighted by atomic mass is 19.4. The number of benzene rings is 2. The predicted octanol–water partition coefficient (Wildman–Crippen LogP) is 2.44. The third-order valence-electron chi connectivity index (χ3n) is 7.09. The Hall–Kier alpha value is -4.10. The lowest BCUT2D eigenvalue weighted by atomic mass is 9.89. The van der Waals surface area contributed by atoms with Gasteiger partial charge in [0.15, 0.2) is 11.1 Å². The van der Waals surface area contributed by atoms with Crippen LogP contribution < -0.4 is 20.8 Å². The van der Waals surface area contributed by atoms with Gasteiger partial charge in [-0.15, -0.1) is 0 Å². The van der Waals surface area contributed by atoms with Gasteiger partial charge >= 0.3 is 6.18 Å². The number of carbonyl (C=O) groups excluding carboxylic acids is 2. The van der Waals surface area contributed by atoms with E-state index >= 15 is 0 Å². The Bertz CT molecular complexity index is 1460. The van der Waals surface area contributed by atoms with E-state index in [1.807, 2.05) is 0 Å². The fraction of sp³-hybridized carbons (Fsp3) is 0.346. The molecule has 2 fully saturated rings. The van der Waals surface area contributed by atoms with Crippen molar-refractivity contribution in [3.63, 3.8) is 0 Å². The average Bonchev–Trinajstić information content (AvgIpc) is 3.64. The summed E-state index contributed by atoms with van der Waals surface area (Å²) in [5, 5.41) is 6.70. The van der Waals surface area contributed by atoms with E-state index in [1.54, 1.807) is 48.5 Å². The molecule has 4 heterocycles. The summed E-state index contributed by atoms with van der Waals surface area (Å²) in [4.78, 5) is 30.4. The van der Waals surface area contributed by atoms with E-state index in [1.165, 1.54) is 7.11 Å². The molecule has 3 N–H and O–H groups in total. The number of para-hydroxylation sites is 1. The number of aromatic nitrogens is 1. The SMILES string of the molecule is COc1cccc2oc(C3=C(COC4CCNC4=O)NC4C(c5ccccc5)C(C(F)(F)F)NN4C3=O)nc12. The van der Waals surface area contributed by atoms with E-state index in [9.17, 15) is 22.8 Å². The van der Waals surface area contributed by atoms with Crippen molar-refractivity contribution in [3.8, 4) is 5.75 Å².